The predicted octanol–water partition coefficient (Wildman–Crippen LogP) is 1.03. The Morgan fingerprint density at radius 2 is 1.94 bits per heavy atom. The number of hydrogen-bond donors (Lipinski definition) is 2. The highest BCUT2D eigenvalue weighted by molar-refractivity contribution is 5.77. The van der Waals surface area contributed by atoms with Crippen LogP contribution in [0.15, 0.2) is 0 Å². The monoisotopic (exact) mass is 252 g/mol. The first kappa shape index (κ1) is 12.4. The standard InChI is InChI=1S/C14H24N2O2/c17-13-8-11-4-5-12(9-13)16(11)14(18)6-3-10-2-1-7-15-10/h10-13,15,17H,1-9H2. The Kier molecular flexibility index (Phi) is 3.57. The highest BCUT2D eigenvalue weighted by Gasteiger charge is 2.42. The molecular formula is C14H24N2O2. The van der Waals surface area contributed by atoms with Crippen LogP contribution in [0.25, 0.3) is 0 Å². The Balaban J connectivity index is 1.53. The van der Waals surface area contributed by atoms with Gasteiger partial charge in [0.2, 0.25) is 5.91 Å². The summed E-state index contributed by atoms with van der Waals surface area (Å²) < 4.78 is 0. The molecule has 3 heterocycles. The van der Waals surface area contributed by atoms with E-state index in [1.807, 2.05) is 0 Å². The van der Waals surface area contributed by atoms with Gasteiger partial charge in [-0.2, -0.15) is 0 Å². The fourth-order valence-corrected chi connectivity index (χ4v) is 3.99. The van der Waals surface area contributed by atoms with Gasteiger partial charge in [0, 0.05) is 24.5 Å². The Morgan fingerprint density at radius 1 is 1.22 bits per heavy atom. The lowest BCUT2D eigenvalue weighted by atomic mass is 9.98. The van der Waals surface area contributed by atoms with E-state index in [0.717, 1.165) is 38.6 Å². The lowest BCUT2D eigenvalue weighted by molar-refractivity contribution is -0.137. The van der Waals surface area contributed by atoms with Crippen LogP contribution in [0.4, 0.5) is 0 Å². The third-order valence-corrected chi connectivity index (χ3v) is 4.87. The van der Waals surface area contributed by atoms with Crippen molar-refractivity contribution in [1.29, 1.82) is 0 Å². The maximum Gasteiger partial charge on any atom is 0.223 e. The second-order valence-corrected chi connectivity index (χ2v) is 6.14. The molecule has 3 atom stereocenters. The summed E-state index contributed by atoms with van der Waals surface area (Å²) in [5.41, 5.74) is 0. The summed E-state index contributed by atoms with van der Waals surface area (Å²) in [6.45, 7) is 1.11. The zero-order valence-electron chi connectivity index (χ0n) is 11.0. The number of aliphatic hydroxyl groups is 1. The highest BCUT2D eigenvalue weighted by Crippen LogP contribution is 2.36. The van der Waals surface area contributed by atoms with Crippen LogP contribution in [0.5, 0.6) is 0 Å². The third kappa shape index (κ3) is 2.41. The molecule has 3 saturated heterocycles. The van der Waals surface area contributed by atoms with Crippen molar-refractivity contribution in [3.8, 4) is 0 Å². The highest BCUT2D eigenvalue weighted by atomic mass is 16.3. The summed E-state index contributed by atoms with van der Waals surface area (Å²) in [6, 6.07) is 1.20. The topological polar surface area (TPSA) is 52.6 Å². The Morgan fingerprint density at radius 3 is 2.56 bits per heavy atom. The summed E-state index contributed by atoms with van der Waals surface area (Å²) in [5.74, 6) is 0.322. The maximum absolute atomic E-state index is 12.3. The lowest BCUT2D eigenvalue weighted by Crippen LogP contribution is -2.48. The summed E-state index contributed by atoms with van der Waals surface area (Å²) in [6.07, 6.45) is 7.73. The Hall–Kier alpha value is -0.610. The summed E-state index contributed by atoms with van der Waals surface area (Å²) >= 11 is 0. The molecule has 0 saturated carbocycles. The van der Waals surface area contributed by atoms with Crippen LogP contribution in [-0.2, 0) is 4.79 Å². The molecule has 0 aliphatic carbocycles. The van der Waals surface area contributed by atoms with Gasteiger partial charge in [-0.15, -0.1) is 0 Å². The van der Waals surface area contributed by atoms with Crippen LogP contribution in [0.3, 0.4) is 0 Å². The third-order valence-electron chi connectivity index (χ3n) is 4.87. The molecule has 4 nitrogen and oxygen atoms in total. The van der Waals surface area contributed by atoms with Crippen molar-refractivity contribution in [1.82, 2.24) is 10.2 Å². The molecule has 18 heavy (non-hydrogen) atoms. The predicted molar refractivity (Wildman–Crippen MR) is 69.2 cm³/mol. The van der Waals surface area contributed by atoms with E-state index in [0.29, 0.717) is 30.5 Å². The number of hydrogen-bond acceptors (Lipinski definition) is 3. The SMILES string of the molecule is O=C(CCC1CCCN1)N1C2CCC1CC(O)C2. The Bertz CT molecular complexity index is 301. The fraction of sp³-hybridized carbons (Fsp3) is 0.929. The van der Waals surface area contributed by atoms with Gasteiger partial charge in [-0.25, -0.2) is 0 Å². The van der Waals surface area contributed by atoms with Crippen LogP contribution in [-0.4, -0.2) is 46.7 Å². The number of aliphatic hydroxyl groups excluding tert-OH is 1. The molecule has 2 N–H and O–H groups in total. The van der Waals surface area contributed by atoms with Crippen molar-refractivity contribution in [2.75, 3.05) is 6.54 Å². The summed E-state index contributed by atoms with van der Waals surface area (Å²) in [4.78, 5) is 14.4. The number of carbonyl (C=O) groups excluding carboxylic acids is 1. The molecule has 0 aromatic rings. The molecule has 3 rings (SSSR count). The zero-order chi connectivity index (χ0) is 12.5. The van der Waals surface area contributed by atoms with Crippen molar-refractivity contribution in [2.24, 2.45) is 0 Å². The second kappa shape index (κ2) is 5.17. The molecule has 3 aliphatic rings. The summed E-state index contributed by atoms with van der Waals surface area (Å²) in [5, 5.41) is 13.2. The van der Waals surface area contributed by atoms with Crippen molar-refractivity contribution in [3.05, 3.63) is 0 Å². The number of carbonyl (C=O) groups is 1. The molecule has 102 valence electrons. The van der Waals surface area contributed by atoms with Crippen molar-refractivity contribution in [3.63, 3.8) is 0 Å². The average molecular weight is 252 g/mol. The minimum absolute atomic E-state index is 0.178. The van der Waals surface area contributed by atoms with E-state index in [2.05, 4.69) is 10.2 Å². The maximum atomic E-state index is 12.3. The molecule has 3 fully saturated rings. The van der Waals surface area contributed by atoms with Gasteiger partial charge in [0.1, 0.15) is 0 Å². The van der Waals surface area contributed by atoms with Crippen LogP contribution in [0, 0.1) is 0 Å². The van der Waals surface area contributed by atoms with E-state index in [4.69, 9.17) is 0 Å². The number of piperidine rings is 1. The van der Waals surface area contributed by atoms with Crippen LogP contribution in [0.2, 0.25) is 0 Å². The van der Waals surface area contributed by atoms with Gasteiger partial charge in [-0.3, -0.25) is 4.79 Å². The van der Waals surface area contributed by atoms with Crippen LogP contribution < -0.4 is 5.32 Å². The molecule has 0 aromatic heterocycles. The first-order valence-corrected chi connectivity index (χ1v) is 7.46. The molecule has 0 spiro atoms. The molecule has 0 radical (unpaired) electrons. The summed E-state index contributed by atoms with van der Waals surface area (Å²) in [7, 11) is 0. The molecule has 2 bridgehead atoms. The molecule has 3 aliphatic heterocycles. The van der Waals surface area contributed by atoms with Crippen molar-refractivity contribution >= 4 is 5.91 Å². The second-order valence-electron chi connectivity index (χ2n) is 6.14. The van der Waals surface area contributed by atoms with E-state index in [1.165, 1.54) is 12.8 Å². The quantitative estimate of drug-likeness (QED) is 0.789. The van der Waals surface area contributed by atoms with Crippen molar-refractivity contribution < 1.29 is 9.90 Å². The van der Waals surface area contributed by atoms with Gasteiger partial charge in [0.15, 0.2) is 0 Å². The van der Waals surface area contributed by atoms with Crippen LogP contribution in [0.1, 0.15) is 51.4 Å². The fourth-order valence-electron chi connectivity index (χ4n) is 3.99. The Labute approximate surface area is 109 Å². The van der Waals surface area contributed by atoms with E-state index in [9.17, 15) is 9.90 Å². The van der Waals surface area contributed by atoms with Gasteiger partial charge < -0.3 is 15.3 Å². The molecule has 0 aromatic carbocycles. The largest absolute Gasteiger partial charge is 0.393 e. The molecular weight excluding hydrogens is 228 g/mol. The number of amides is 1. The molecule has 4 heteroatoms. The van der Waals surface area contributed by atoms with Gasteiger partial charge in [-0.05, 0) is 51.5 Å². The van der Waals surface area contributed by atoms with E-state index in [-0.39, 0.29) is 6.10 Å². The number of rotatable bonds is 3. The smallest absolute Gasteiger partial charge is 0.223 e. The van der Waals surface area contributed by atoms with E-state index < -0.39 is 0 Å². The van der Waals surface area contributed by atoms with Gasteiger partial charge in [0.25, 0.3) is 0 Å². The molecule has 1 amide bonds. The number of nitrogens with one attached hydrogen (secondary N) is 1. The van der Waals surface area contributed by atoms with E-state index in [1.54, 1.807) is 0 Å². The minimum Gasteiger partial charge on any atom is -0.393 e. The minimum atomic E-state index is -0.178. The van der Waals surface area contributed by atoms with E-state index >= 15 is 0 Å². The average Bonchev–Trinajstić information content (AvgIpc) is 2.94. The van der Waals surface area contributed by atoms with Crippen LogP contribution >= 0.6 is 0 Å². The lowest BCUT2D eigenvalue weighted by Gasteiger charge is -2.37. The van der Waals surface area contributed by atoms with Crippen molar-refractivity contribution in [2.45, 2.75) is 75.6 Å². The first-order valence-electron chi connectivity index (χ1n) is 7.46. The van der Waals surface area contributed by atoms with Gasteiger partial charge in [0.05, 0.1) is 6.10 Å². The number of fused-ring (bicyclic) bond motifs is 2. The normalized spacial score (nSPS) is 39.3. The first-order chi connectivity index (χ1) is 8.74. The number of nitrogens with zero attached hydrogens (tertiary/aromatic N) is 1. The molecule has 3 unspecified atom stereocenters. The van der Waals surface area contributed by atoms with Gasteiger partial charge >= 0.3 is 0 Å². The van der Waals surface area contributed by atoms with Gasteiger partial charge in [-0.1, -0.05) is 0 Å². The zero-order valence-corrected chi connectivity index (χ0v) is 11.0.